The van der Waals surface area contributed by atoms with E-state index in [1.54, 1.807) is 6.92 Å². The Labute approximate surface area is 132 Å². The molecule has 0 saturated heterocycles. The van der Waals surface area contributed by atoms with Crippen LogP contribution in [0.1, 0.15) is 18.9 Å². The summed E-state index contributed by atoms with van der Waals surface area (Å²) in [5, 5.41) is 3.42. The molecule has 0 saturated carbocycles. The molecule has 0 atom stereocenters. The summed E-state index contributed by atoms with van der Waals surface area (Å²) < 4.78 is 28.2. The van der Waals surface area contributed by atoms with Crippen molar-refractivity contribution in [3.8, 4) is 11.3 Å². The van der Waals surface area contributed by atoms with E-state index in [-0.39, 0.29) is 16.3 Å². The summed E-state index contributed by atoms with van der Waals surface area (Å²) in [4.78, 5) is 4.19. The normalized spacial score (nSPS) is 10.8. The largest absolute Gasteiger partial charge is 0.369 e. The van der Waals surface area contributed by atoms with Gasteiger partial charge in [0.25, 0.3) is 0 Å². The summed E-state index contributed by atoms with van der Waals surface area (Å²) in [7, 11) is 0. The van der Waals surface area contributed by atoms with Gasteiger partial charge in [-0.2, -0.15) is 0 Å². The van der Waals surface area contributed by atoms with Crippen molar-refractivity contribution in [1.82, 2.24) is 4.98 Å². The second-order valence-corrected chi connectivity index (χ2v) is 5.44. The number of aryl methyl sites for hydroxylation is 1. The zero-order chi connectivity index (χ0) is 15.6. The van der Waals surface area contributed by atoms with Crippen molar-refractivity contribution in [3.05, 3.63) is 45.4 Å². The molecule has 6 heteroatoms. The number of nitrogens with one attached hydrogen (secondary N) is 1. The quantitative estimate of drug-likeness (QED) is 0.804. The van der Waals surface area contributed by atoms with Crippen LogP contribution in [0, 0.1) is 18.6 Å². The van der Waals surface area contributed by atoms with Crippen molar-refractivity contribution in [2.75, 3.05) is 11.9 Å². The lowest BCUT2D eigenvalue weighted by atomic mass is 10.1. The lowest BCUT2D eigenvalue weighted by Crippen LogP contribution is -2.05. The maximum atomic E-state index is 14.2. The average Bonchev–Trinajstić information content (AvgIpc) is 2.44. The first-order chi connectivity index (χ1) is 9.95. The minimum atomic E-state index is -0.712. The Morgan fingerprint density at radius 3 is 2.57 bits per heavy atom. The van der Waals surface area contributed by atoms with Gasteiger partial charge in [0.1, 0.15) is 17.5 Å². The number of anilines is 1. The lowest BCUT2D eigenvalue weighted by molar-refractivity contribution is 0.583. The van der Waals surface area contributed by atoms with E-state index in [1.807, 2.05) is 6.92 Å². The molecule has 112 valence electrons. The highest BCUT2D eigenvalue weighted by atomic mass is 35.5. The molecule has 2 aromatic rings. The fraction of sp³-hybridized carbons (Fsp3) is 0.267. The summed E-state index contributed by atoms with van der Waals surface area (Å²) >= 11 is 12.1. The Kier molecular flexibility index (Phi) is 5.01. The fourth-order valence-corrected chi connectivity index (χ4v) is 2.40. The molecular weight excluding hydrogens is 317 g/mol. The lowest BCUT2D eigenvalue weighted by Gasteiger charge is -2.12. The Morgan fingerprint density at radius 1 is 1.19 bits per heavy atom. The third-order valence-electron chi connectivity index (χ3n) is 2.99. The highest BCUT2D eigenvalue weighted by Crippen LogP contribution is 2.35. The highest BCUT2D eigenvalue weighted by molar-refractivity contribution is 6.37. The fourth-order valence-electron chi connectivity index (χ4n) is 1.88. The molecule has 1 aromatic heterocycles. The smallest absolute Gasteiger partial charge is 0.145 e. The van der Waals surface area contributed by atoms with Crippen LogP contribution in [-0.4, -0.2) is 11.5 Å². The van der Waals surface area contributed by atoms with E-state index in [0.717, 1.165) is 6.42 Å². The van der Waals surface area contributed by atoms with Crippen LogP contribution in [0.5, 0.6) is 0 Å². The summed E-state index contributed by atoms with van der Waals surface area (Å²) in [6.45, 7) is 4.18. The first-order valence-corrected chi connectivity index (χ1v) is 7.26. The van der Waals surface area contributed by atoms with Crippen LogP contribution in [0.3, 0.4) is 0 Å². The van der Waals surface area contributed by atoms with Crippen molar-refractivity contribution >= 4 is 29.0 Å². The van der Waals surface area contributed by atoms with Crippen molar-refractivity contribution in [3.63, 3.8) is 0 Å². The molecule has 0 aliphatic rings. The zero-order valence-corrected chi connectivity index (χ0v) is 13.1. The Balaban J connectivity index is 2.61. The first-order valence-electron chi connectivity index (χ1n) is 6.50. The number of hydrogen-bond acceptors (Lipinski definition) is 2. The van der Waals surface area contributed by atoms with Crippen molar-refractivity contribution < 1.29 is 8.78 Å². The monoisotopic (exact) mass is 330 g/mol. The SMILES string of the molecule is CCCNc1nc(-c2c(F)ccc(C)c2F)c(Cl)cc1Cl. The van der Waals surface area contributed by atoms with Crippen LogP contribution in [-0.2, 0) is 0 Å². The van der Waals surface area contributed by atoms with Crippen LogP contribution < -0.4 is 5.32 Å². The topological polar surface area (TPSA) is 24.9 Å². The van der Waals surface area contributed by atoms with E-state index >= 15 is 0 Å². The van der Waals surface area contributed by atoms with Gasteiger partial charge in [-0.1, -0.05) is 36.2 Å². The van der Waals surface area contributed by atoms with Crippen LogP contribution in [0.2, 0.25) is 10.0 Å². The van der Waals surface area contributed by atoms with Gasteiger partial charge in [0.05, 0.1) is 21.3 Å². The number of halogens is 4. The second kappa shape index (κ2) is 6.58. The Hall–Kier alpha value is -1.39. The standard InChI is InChI=1S/C15H14Cl2F2N2/c1-3-6-20-15-10(17)7-9(16)14(21-15)12-11(18)5-4-8(2)13(12)19/h4-5,7H,3,6H2,1-2H3,(H,20,21). The molecule has 0 fully saturated rings. The number of aromatic nitrogens is 1. The molecule has 0 radical (unpaired) electrons. The van der Waals surface area contributed by atoms with Crippen molar-refractivity contribution in [2.45, 2.75) is 20.3 Å². The van der Waals surface area contributed by atoms with Crippen molar-refractivity contribution in [1.29, 1.82) is 0 Å². The van der Waals surface area contributed by atoms with Crippen LogP contribution in [0.25, 0.3) is 11.3 Å². The highest BCUT2D eigenvalue weighted by Gasteiger charge is 2.19. The van der Waals surface area contributed by atoms with Gasteiger partial charge in [0.15, 0.2) is 0 Å². The molecule has 0 spiro atoms. The summed E-state index contributed by atoms with van der Waals surface area (Å²) in [5.74, 6) is -1.03. The summed E-state index contributed by atoms with van der Waals surface area (Å²) in [5.41, 5.74) is 0.122. The minimum Gasteiger partial charge on any atom is -0.369 e. The molecule has 1 heterocycles. The van der Waals surface area contributed by atoms with E-state index in [4.69, 9.17) is 23.2 Å². The number of rotatable bonds is 4. The van der Waals surface area contributed by atoms with E-state index < -0.39 is 11.6 Å². The van der Waals surface area contributed by atoms with E-state index in [9.17, 15) is 8.78 Å². The molecule has 1 aromatic carbocycles. The van der Waals surface area contributed by atoms with Crippen molar-refractivity contribution in [2.24, 2.45) is 0 Å². The first kappa shape index (κ1) is 16.0. The Morgan fingerprint density at radius 2 is 1.90 bits per heavy atom. The summed E-state index contributed by atoms with van der Waals surface area (Å²) in [6, 6.07) is 4.00. The van der Waals surface area contributed by atoms with Crippen LogP contribution in [0.4, 0.5) is 14.6 Å². The predicted molar refractivity (Wildman–Crippen MR) is 83.1 cm³/mol. The average molecular weight is 331 g/mol. The maximum absolute atomic E-state index is 14.2. The van der Waals surface area contributed by atoms with Crippen LogP contribution >= 0.6 is 23.2 Å². The molecule has 2 rings (SSSR count). The van der Waals surface area contributed by atoms with Gasteiger partial charge in [-0.3, -0.25) is 0 Å². The molecule has 0 aliphatic heterocycles. The maximum Gasteiger partial charge on any atom is 0.145 e. The van der Waals surface area contributed by atoms with Gasteiger partial charge in [-0.05, 0) is 31.0 Å². The van der Waals surface area contributed by atoms with Gasteiger partial charge >= 0.3 is 0 Å². The predicted octanol–water partition coefficient (Wildman–Crippen LogP) is 5.46. The van der Waals surface area contributed by atoms with E-state index in [2.05, 4.69) is 10.3 Å². The molecule has 2 nitrogen and oxygen atoms in total. The molecule has 0 aliphatic carbocycles. The Bertz CT molecular complexity index is 675. The van der Waals surface area contributed by atoms with Gasteiger partial charge in [0.2, 0.25) is 0 Å². The molecule has 0 bridgehead atoms. The second-order valence-electron chi connectivity index (χ2n) is 4.63. The molecular formula is C15H14Cl2F2N2. The third-order valence-corrected chi connectivity index (χ3v) is 3.57. The minimum absolute atomic E-state index is 0.0402. The van der Waals surface area contributed by atoms with Gasteiger partial charge in [-0.15, -0.1) is 0 Å². The van der Waals surface area contributed by atoms with Gasteiger partial charge in [-0.25, -0.2) is 13.8 Å². The number of benzene rings is 1. The molecule has 21 heavy (non-hydrogen) atoms. The van der Waals surface area contributed by atoms with E-state index in [1.165, 1.54) is 18.2 Å². The molecule has 0 unspecified atom stereocenters. The number of pyridine rings is 1. The van der Waals surface area contributed by atoms with E-state index in [0.29, 0.717) is 22.9 Å². The van der Waals surface area contributed by atoms with Gasteiger partial charge < -0.3 is 5.32 Å². The summed E-state index contributed by atoms with van der Waals surface area (Å²) in [6.07, 6.45) is 0.864. The van der Waals surface area contributed by atoms with Crippen LogP contribution in [0.15, 0.2) is 18.2 Å². The number of hydrogen-bond donors (Lipinski definition) is 1. The number of nitrogens with zero attached hydrogens (tertiary/aromatic N) is 1. The molecule has 1 N–H and O–H groups in total. The van der Waals surface area contributed by atoms with Gasteiger partial charge in [0, 0.05) is 6.54 Å². The third kappa shape index (κ3) is 3.27. The molecule has 0 amide bonds. The zero-order valence-electron chi connectivity index (χ0n) is 11.6.